The van der Waals surface area contributed by atoms with E-state index in [1.165, 1.54) is 0 Å². The van der Waals surface area contributed by atoms with Crippen LogP contribution >= 0.6 is 30.1 Å². The SMILES string of the molecule is O=S(=O)(O)C(F)(F)F.[Cl][Al]([Cl])[Cl]. The molecule has 0 aromatic carbocycles. The molecule has 0 aromatic rings. The van der Waals surface area contributed by atoms with Crippen LogP contribution in [-0.4, -0.2) is 29.9 Å². The van der Waals surface area contributed by atoms with E-state index < -0.39 is 27.0 Å². The molecule has 0 spiro atoms. The molecule has 0 saturated carbocycles. The maximum absolute atomic E-state index is 10.7. The van der Waals surface area contributed by atoms with Crippen molar-refractivity contribution in [3.05, 3.63) is 0 Å². The fourth-order valence-electron chi connectivity index (χ4n) is 0. The molecule has 0 radical (unpaired) electrons. The lowest BCUT2D eigenvalue weighted by molar-refractivity contribution is -0.0510. The Balaban J connectivity index is 0. The smallest absolute Gasteiger partial charge is 0.279 e. The van der Waals surface area contributed by atoms with E-state index in [4.69, 9.17) is 43.1 Å². The Morgan fingerprint density at radius 1 is 1.17 bits per heavy atom. The van der Waals surface area contributed by atoms with Crippen LogP contribution in [0.4, 0.5) is 13.2 Å². The van der Waals surface area contributed by atoms with E-state index in [2.05, 4.69) is 0 Å². The second-order valence-corrected chi connectivity index (χ2v) is 9.01. The molecule has 0 rings (SSSR count). The zero-order chi connectivity index (χ0) is 10.6. The predicted molar refractivity (Wildman–Crippen MR) is 40.9 cm³/mol. The van der Waals surface area contributed by atoms with Crippen LogP contribution in [-0.2, 0) is 10.1 Å². The highest BCUT2D eigenvalue weighted by molar-refractivity contribution is 7.86. The highest BCUT2D eigenvalue weighted by Crippen LogP contribution is 2.20. The minimum absolute atomic E-state index is 1.72. The molecule has 0 aliphatic heterocycles. The van der Waals surface area contributed by atoms with E-state index in [9.17, 15) is 13.2 Å². The lowest BCUT2D eigenvalue weighted by atomic mass is 11.6. The molecule has 0 amide bonds. The zero-order valence-corrected chi connectivity index (χ0v) is 9.26. The van der Waals surface area contributed by atoms with Crippen LogP contribution in [0, 0.1) is 0 Å². The maximum Gasteiger partial charge on any atom is 0.643 e. The fourth-order valence-corrected chi connectivity index (χ4v) is 0. The third-order valence-electron chi connectivity index (χ3n) is 0.292. The van der Waals surface area contributed by atoms with Gasteiger partial charge in [-0.3, -0.25) is 4.55 Å². The largest absolute Gasteiger partial charge is 0.643 e. The summed E-state index contributed by atoms with van der Waals surface area (Å²) in [5.41, 5.74) is -5.53. The van der Waals surface area contributed by atoms with Gasteiger partial charge in [-0.15, -0.1) is 0 Å². The molecule has 0 atom stereocenters. The van der Waals surface area contributed by atoms with Gasteiger partial charge in [0, 0.05) is 0 Å². The summed E-state index contributed by atoms with van der Waals surface area (Å²) in [4.78, 5) is 0. The van der Waals surface area contributed by atoms with E-state index in [0.29, 0.717) is 0 Å². The molecule has 12 heavy (non-hydrogen) atoms. The molecule has 0 aliphatic rings. The van der Waals surface area contributed by atoms with E-state index in [0.717, 1.165) is 0 Å². The van der Waals surface area contributed by atoms with E-state index in [1.54, 1.807) is 0 Å². The zero-order valence-electron chi connectivity index (χ0n) is 5.02. The Bertz CT molecular complexity index is 209. The summed E-state index contributed by atoms with van der Waals surface area (Å²) in [6.45, 7) is 0. The van der Waals surface area contributed by atoms with Crippen molar-refractivity contribution in [2.24, 2.45) is 0 Å². The van der Waals surface area contributed by atoms with Crippen molar-refractivity contribution in [3.8, 4) is 0 Å². The van der Waals surface area contributed by atoms with E-state index in [-0.39, 0.29) is 0 Å². The maximum atomic E-state index is 10.7. The highest BCUT2D eigenvalue weighted by atomic mass is 35.8. The standard InChI is InChI=1S/CHF3O3S.Al.3ClH/c2-1(3,4)8(5,6)7;;;;/h(H,5,6,7);;3*1H/q;+3;;;/p-3. The summed E-state index contributed by atoms with van der Waals surface area (Å²) in [5, 5.41) is 0. The minimum Gasteiger partial charge on any atom is -0.279 e. The topological polar surface area (TPSA) is 54.4 Å². The van der Waals surface area contributed by atoms with Crippen molar-refractivity contribution >= 4 is 51.6 Å². The molecule has 0 bridgehead atoms. The summed E-state index contributed by atoms with van der Waals surface area (Å²) in [5.74, 6) is 0. The van der Waals surface area contributed by atoms with Crippen LogP contribution < -0.4 is 0 Å². The van der Waals surface area contributed by atoms with Crippen LogP contribution in [0.25, 0.3) is 0 Å². The average molecular weight is 283 g/mol. The monoisotopic (exact) mass is 282 g/mol. The summed E-state index contributed by atoms with van der Waals surface area (Å²) >= 11 is -1.72. The van der Waals surface area contributed by atoms with Crippen molar-refractivity contribution in [1.29, 1.82) is 0 Å². The Morgan fingerprint density at radius 3 is 1.25 bits per heavy atom. The number of halogens is 6. The Hall–Kier alpha value is 1.10. The molecule has 0 aliphatic carbocycles. The van der Waals surface area contributed by atoms with Gasteiger partial charge in [-0.2, -0.15) is 21.6 Å². The second kappa shape index (κ2) is 5.75. The number of hydrogen-bond acceptors (Lipinski definition) is 2. The van der Waals surface area contributed by atoms with Gasteiger partial charge in [-0.25, -0.2) is 30.1 Å². The molecule has 0 unspecified atom stereocenters. The van der Waals surface area contributed by atoms with Gasteiger partial charge >= 0.3 is 27.0 Å². The van der Waals surface area contributed by atoms with Gasteiger partial charge in [0.15, 0.2) is 0 Å². The molecule has 74 valence electrons. The van der Waals surface area contributed by atoms with Crippen molar-refractivity contribution in [1.82, 2.24) is 0 Å². The predicted octanol–water partition coefficient (Wildman–Crippen LogP) is 2.08. The molecule has 11 heteroatoms. The minimum atomic E-state index is -5.84. The highest BCUT2D eigenvalue weighted by Gasteiger charge is 2.44. The van der Waals surface area contributed by atoms with Crippen LogP contribution in [0.1, 0.15) is 0 Å². The van der Waals surface area contributed by atoms with Crippen molar-refractivity contribution in [2.75, 3.05) is 0 Å². The molecule has 1 N–H and O–H groups in total. The molecule has 0 saturated heterocycles. The van der Waals surface area contributed by atoms with Crippen molar-refractivity contribution in [3.63, 3.8) is 0 Å². The molecule has 0 fully saturated rings. The first-order valence-corrected chi connectivity index (χ1v) is 8.62. The summed E-state index contributed by atoms with van der Waals surface area (Å²) in [6, 6.07) is 0. The van der Waals surface area contributed by atoms with Gasteiger partial charge in [-0.05, 0) is 0 Å². The lowest BCUT2D eigenvalue weighted by Crippen LogP contribution is -2.21. The first-order chi connectivity index (χ1) is 4.98. The van der Waals surface area contributed by atoms with Crippen LogP contribution in [0.5, 0.6) is 0 Å². The van der Waals surface area contributed by atoms with Gasteiger partial charge in [-0.1, -0.05) is 0 Å². The molecular formula is CHAlCl3F3O3S. The van der Waals surface area contributed by atoms with Gasteiger partial charge in [0.2, 0.25) is 0 Å². The first-order valence-electron chi connectivity index (χ1n) is 1.94. The number of hydrogen-bond donors (Lipinski definition) is 1. The Kier molecular flexibility index (Phi) is 7.46. The third-order valence-corrected chi connectivity index (χ3v) is 0.877. The van der Waals surface area contributed by atoms with Crippen LogP contribution in [0.15, 0.2) is 0 Å². The summed E-state index contributed by atoms with van der Waals surface area (Å²) < 4.78 is 57.5. The Morgan fingerprint density at radius 2 is 1.25 bits per heavy atom. The van der Waals surface area contributed by atoms with Crippen molar-refractivity contribution < 1.29 is 26.1 Å². The Labute approximate surface area is 83.1 Å². The third kappa shape index (κ3) is 11.1. The lowest BCUT2D eigenvalue weighted by Gasteiger charge is -1.97. The average Bonchev–Trinajstić information content (AvgIpc) is 1.55. The second-order valence-electron chi connectivity index (χ2n) is 1.17. The summed E-state index contributed by atoms with van der Waals surface area (Å²) in [7, 11) is 8.99. The number of rotatable bonds is 0. The van der Waals surface area contributed by atoms with Crippen molar-refractivity contribution in [2.45, 2.75) is 5.51 Å². The fraction of sp³-hybridized carbons (Fsp3) is 1.00. The van der Waals surface area contributed by atoms with E-state index >= 15 is 0 Å². The van der Waals surface area contributed by atoms with Gasteiger partial charge in [0.05, 0.1) is 0 Å². The van der Waals surface area contributed by atoms with Gasteiger partial charge < -0.3 is 0 Å². The first kappa shape index (κ1) is 15.6. The van der Waals surface area contributed by atoms with Crippen LogP contribution in [0.3, 0.4) is 0 Å². The molecule has 0 aromatic heterocycles. The van der Waals surface area contributed by atoms with Gasteiger partial charge in [0.25, 0.3) is 0 Å². The normalized spacial score (nSPS) is 11.6. The van der Waals surface area contributed by atoms with E-state index in [1.807, 2.05) is 0 Å². The molecular weight excluding hydrogens is 282 g/mol. The quantitative estimate of drug-likeness (QED) is 0.421. The molecule has 3 nitrogen and oxygen atoms in total. The number of alkyl halides is 3. The van der Waals surface area contributed by atoms with Gasteiger partial charge in [0.1, 0.15) is 0 Å². The molecule has 0 heterocycles. The summed E-state index contributed by atoms with van der Waals surface area (Å²) in [6.07, 6.45) is 0. The van der Waals surface area contributed by atoms with Crippen LogP contribution in [0.2, 0.25) is 0 Å².